The molecule has 1 aliphatic carbocycles. The summed E-state index contributed by atoms with van der Waals surface area (Å²) in [5.41, 5.74) is 0. The molecule has 5 heteroatoms. The van der Waals surface area contributed by atoms with E-state index in [1.54, 1.807) is 12.1 Å². The van der Waals surface area contributed by atoms with Crippen LogP contribution in [0.15, 0.2) is 18.3 Å². The zero-order valence-corrected chi connectivity index (χ0v) is 9.85. The Bertz CT molecular complexity index is 481. The Kier molecular flexibility index (Phi) is 2.40. The van der Waals surface area contributed by atoms with Gasteiger partial charge in [0.1, 0.15) is 0 Å². The maximum Gasteiger partial charge on any atom is 0.238 e. The average molecular weight is 251 g/mol. The number of nitrogens with zero attached hydrogens (tertiary/aromatic N) is 2. The van der Waals surface area contributed by atoms with Gasteiger partial charge in [0.05, 0.1) is 16.9 Å². The second-order valence-corrected chi connectivity index (χ2v) is 4.87. The Morgan fingerprint density at radius 3 is 2.47 bits per heavy atom. The molecule has 0 N–H and O–H groups in total. The molecule has 88 valence electrons. The molecule has 3 rings (SSSR count). The Morgan fingerprint density at radius 1 is 1.24 bits per heavy atom. The first-order chi connectivity index (χ1) is 8.20. The Labute approximate surface area is 104 Å². The van der Waals surface area contributed by atoms with Crippen molar-refractivity contribution in [3.8, 4) is 0 Å². The predicted octanol–water partition coefficient (Wildman–Crippen LogP) is 2.02. The summed E-state index contributed by atoms with van der Waals surface area (Å²) in [5.74, 6) is -0.309. The van der Waals surface area contributed by atoms with E-state index >= 15 is 0 Å². The van der Waals surface area contributed by atoms with Crippen molar-refractivity contribution < 1.29 is 9.59 Å². The van der Waals surface area contributed by atoms with Crippen LogP contribution in [-0.2, 0) is 9.59 Å². The minimum absolute atomic E-state index is 0.141. The number of amides is 2. The first kappa shape index (κ1) is 10.7. The molecule has 1 saturated heterocycles. The number of rotatable bonds is 1. The van der Waals surface area contributed by atoms with Gasteiger partial charge in [-0.3, -0.25) is 9.59 Å². The number of carbonyl (C=O) groups excluding carboxylic acids is 2. The smallest absolute Gasteiger partial charge is 0.238 e. The van der Waals surface area contributed by atoms with Crippen molar-refractivity contribution in [2.75, 3.05) is 4.90 Å². The molecule has 0 bridgehead atoms. The summed E-state index contributed by atoms with van der Waals surface area (Å²) in [7, 11) is 0. The van der Waals surface area contributed by atoms with Crippen molar-refractivity contribution in [3.63, 3.8) is 0 Å². The zero-order chi connectivity index (χ0) is 12.0. The Balaban J connectivity index is 2.03. The van der Waals surface area contributed by atoms with Crippen molar-refractivity contribution in [1.29, 1.82) is 0 Å². The molecule has 4 nitrogen and oxygen atoms in total. The van der Waals surface area contributed by atoms with E-state index in [0.717, 1.165) is 24.2 Å². The van der Waals surface area contributed by atoms with E-state index in [0.29, 0.717) is 5.02 Å². The van der Waals surface area contributed by atoms with Crippen LogP contribution in [0.1, 0.15) is 19.3 Å². The lowest BCUT2D eigenvalue weighted by Gasteiger charge is -2.15. The topological polar surface area (TPSA) is 50.3 Å². The van der Waals surface area contributed by atoms with Crippen LogP contribution >= 0.6 is 11.6 Å². The van der Waals surface area contributed by atoms with Gasteiger partial charge in [-0.15, -0.1) is 0 Å². The van der Waals surface area contributed by atoms with Crippen LogP contribution in [-0.4, -0.2) is 16.8 Å². The normalized spacial score (nSPS) is 27.7. The third kappa shape index (κ3) is 1.47. The molecule has 1 saturated carbocycles. The van der Waals surface area contributed by atoms with Crippen molar-refractivity contribution in [2.24, 2.45) is 11.8 Å². The van der Waals surface area contributed by atoms with Crippen molar-refractivity contribution in [3.05, 3.63) is 23.4 Å². The standard InChI is InChI=1S/C12H11ClN2O2/c13-9-5-2-6-14-10(9)15-11(16)7-3-1-4-8(7)12(15)17/h2,5-8H,1,3-4H2. The molecular formula is C12H11ClN2O2. The van der Waals surface area contributed by atoms with Gasteiger partial charge in [-0.2, -0.15) is 0 Å². The van der Waals surface area contributed by atoms with Gasteiger partial charge in [-0.05, 0) is 25.0 Å². The fourth-order valence-electron chi connectivity index (χ4n) is 2.74. The van der Waals surface area contributed by atoms with E-state index < -0.39 is 0 Å². The molecular weight excluding hydrogens is 240 g/mol. The van der Waals surface area contributed by atoms with Crippen LogP contribution < -0.4 is 4.90 Å². The third-order valence-electron chi connectivity index (χ3n) is 3.54. The van der Waals surface area contributed by atoms with E-state index in [1.165, 1.54) is 6.20 Å². The van der Waals surface area contributed by atoms with Gasteiger partial charge >= 0.3 is 0 Å². The van der Waals surface area contributed by atoms with E-state index in [4.69, 9.17) is 11.6 Å². The highest BCUT2D eigenvalue weighted by molar-refractivity contribution is 6.35. The first-order valence-corrected chi connectivity index (χ1v) is 6.06. The van der Waals surface area contributed by atoms with Crippen molar-refractivity contribution >= 4 is 29.2 Å². The summed E-state index contributed by atoms with van der Waals surface area (Å²) in [6, 6.07) is 3.32. The maximum absolute atomic E-state index is 12.2. The Morgan fingerprint density at radius 2 is 1.88 bits per heavy atom. The van der Waals surface area contributed by atoms with E-state index in [2.05, 4.69) is 4.98 Å². The van der Waals surface area contributed by atoms with Crippen LogP contribution in [0.2, 0.25) is 5.02 Å². The summed E-state index contributed by atoms with van der Waals surface area (Å²) in [4.78, 5) is 29.5. The highest BCUT2D eigenvalue weighted by atomic mass is 35.5. The minimum atomic E-state index is -0.152. The van der Waals surface area contributed by atoms with Crippen molar-refractivity contribution in [1.82, 2.24) is 4.98 Å². The van der Waals surface area contributed by atoms with Crippen LogP contribution in [0.5, 0.6) is 0 Å². The monoisotopic (exact) mass is 250 g/mol. The van der Waals surface area contributed by atoms with E-state index in [9.17, 15) is 9.59 Å². The molecule has 2 unspecified atom stereocenters. The molecule has 2 atom stereocenters. The second-order valence-electron chi connectivity index (χ2n) is 4.46. The summed E-state index contributed by atoms with van der Waals surface area (Å²) in [6.07, 6.45) is 4.10. The highest BCUT2D eigenvalue weighted by Crippen LogP contribution is 2.42. The molecule has 2 amide bonds. The maximum atomic E-state index is 12.2. The molecule has 0 radical (unpaired) electrons. The van der Waals surface area contributed by atoms with Gasteiger partial charge in [-0.25, -0.2) is 9.88 Å². The number of hydrogen-bond donors (Lipinski definition) is 0. The quantitative estimate of drug-likeness (QED) is 0.717. The summed E-state index contributed by atoms with van der Waals surface area (Å²) < 4.78 is 0. The number of imide groups is 1. The molecule has 0 aromatic carbocycles. The second kappa shape index (κ2) is 3.81. The number of hydrogen-bond acceptors (Lipinski definition) is 3. The lowest BCUT2D eigenvalue weighted by molar-refractivity contribution is -0.122. The average Bonchev–Trinajstić information content (AvgIpc) is 2.87. The number of aromatic nitrogens is 1. The third-order valence-corrected chi connectivity index (χ3v) is 3.84. The summed E-state index contributed by atoms with van der Waals surface area (Å²) in [6.45, 7) is 0. The Hall–Kier alpha value is -1.42. The van der Waals surface area contributed by atoms with Gasteiger partial charge < -0.3 is 0 Å². The molecule has 0 spiro atoms. The largest absolute Gasteiger partial charge is 0.274 e. The fourth-order valence-corrected chi connectivity index (χ4v) is 2.95. The molecule has 2 aliphatic rings. The molecule has 1 aromatic heterocycles. The van der Waals surface area contributed by atoms with E-state index in [1.807, 2.05) is 0 Å². The van der Waals surface area contributed by atoms with Gasteiger partial charge in [0.2, 0.25) is 11.8 Å². The molecule has 17 heavy (non-hydrogen) atoms. The van der Waals surface area contributed by atoms with Crippen LogP contribution in [0.3, 0.4) is 0 Å². The number of fused-ring (bicyclic) bond motifs is 1. The van der Waals surface area contributed by atoms with Crippen molar-refractivity contribution in [2.45, 2.75) is 19.3 Å². The first-order valence-electron chi connectivity index (χ1n) is 5.68. The van der Waals surface area contributed by atoms with Gasteiger partial charge in [-0.1, -0.05) is 18.0 Å². The lowest BCUT2D eigenvalue weighted by Crippen LogP contribution is -2.32. The van der Waals surface area contributed by atoms with Gasteiger partial charge in [0, 0.05) is 6.20 Å². The number of halogens is 1. The fraction of sp³-hybridized carbons (Fsp3) is 0.417. The minimum Gasteiger partial charge on any atom is -0.274 e. The van der Waals surface area contributed by atoms with Gasteiger partial charge in [0.25, 0.3) is 0 Å². The molecule has 2 heterocycles. The molecule has 1 aliphatic heterocycles. The lowest BCUT2D eigenvalue weighted by atomic mass is 10.00. The summed E-state index contributed by atoms with van der Waals surface area (Å²) in [5, 5.41) is 0.342. The van der Waals surface area contributed by atoms with E-state index in [-0.39, 0.29) is 29.5 Å². The van der Waals surface area contributed by atoms with Crippen LogP contribution in [0.25, 0.3) is 0 Å². The predicted molar refractivity (Wildman–Crippen MR) is 62.6 cm³/mol. The summed E-state index contributed by atoms with van der Waals surface area (Å²) >= 11 is 5.98. The highest BCUT2D eigenvalue weighted by Gasteiger charge is 2.51. The number of carbonyl (C=O) groups is 2. The zero-order valence-electron chi connectivity index (χ0n) is 9.10. The van der Waals surface area contributed by atoms with Gasteiger partial charge in [0.15, 0.2) is 5.82 Å². The number of pyridine rings is 1. The molecule has 1 aromatic rings. The SMILES string of the molecule is O=C1C2CCCC2C(=O)N1c1ncccc1Cl. The van der Waals surface area contributed by atoms with Crippen LogP contribution in [0, 0.1) is 11.8 Å². The number of anilines is 1. The molecule has 2 fully saturated rings. The van der Waals surface area contributed by atoms with Crippen LogP contribution in [0.4, 0.5) is 5.82 Å².